The van der Waals surface area contributed by atoms with Gasteiger partial charge in [0.1, 0.15) is 0 Å². The van der Waals surface area contributed by atoms with Gasteiger partial charge >= 0.3 is 0 Å². The van der Waals surface area contributed by atoms with E-state index in [-0.39, 0.29) is 0 Å². The summed E-state index contributed by atoms with van der Waals surface area (Å²) in [5.74, 6) is 0. The fraction of sp³-hybridized carbons (Fsp3) is 0.200. The number of rotatable bonds is 3. The summed E-state index contributed by atoms with van der Waals surface area (Å²) >= 11 is 2.24. The lowest BCUT2D eigenvalue weighted by Gasteiger charge is -2.08. The molecule has 1 rings (SSSR count). The third-order valence-electron chi connectivity index (χ3n) is 1.59. The Morgan fingerprint density at radius 3 is 2.85 bits per heavy atom. The molecule has 0 aromatic heterocycles. The Balaban J connectivity index is 2.72. The highest BCUT2D eigenvalue weighted by Gasteiger charge is 1.97. The first-order chi connectivity index (χ1) is 6.09. The van der Waals surface area contributed by atoms with E-state index >= 15 is 0 Å². The number of halogens is 1. The second-order valence-corrected chi connectivity index (χ2v) is 4.29. The van der Waals surface area contributed by atoms with Crippen LogP contribution in [0.4, 0.5) is 11.4 Å². The van der Waals surface area contributed by atoms with Crippen molar-refractivity contribution in [3.8, 4) is 0 Å². The van der Waals surface area contributed by atoms with Crippen LogP contribution in [0.1, 0.15) is 6.92 Å². The van der Waals surface area contributed by atoms with Gasteiger partial charge in [0, 0.05) is 10.1 Å². The van der Waals surface area contributed by atoms with Crippen LogP contribution in [0.5, 0.6) is 0 Å². The molecule has 0 aliphatic heterocycles. The van der Waals surface area contributed by atoms with Gasteiger partial charge in [0.2, 0.25) is 0 Å². The molecule has 0 saturated heterocycles. The first-order valence-electron chi connectivity index (χ1n) is 4.03. The molecule has 0 unspecified atom stereocenters. The van der Waals surface area contributed by atoms with E-state index in [1.54, 1.807) is 0 Å². The Morgan fingerprint density at radius 2 is 2.31 bits per heavy atom. The van der Waals surface area contributed by atoms with Crippen LogP contribution in [0.15, 0.2) is 30.4 Å². The molecule has 1 aromatic rings. The quantitative estimate of drug-likeness (QED) is 0.510. The highest BCUT2D eigenvalue weighted by atomic mass is 127. The standard InChI is InChI=1S/C10H13IN2/c1-7(2)6-13-10-4-3-8(11)5-9(10)12/h3-5,13H,1,6,12H2,2H3. The summed E-state index contributed by atoms with van der Waals surface area (Å²) < 4.78 is 1.15. The smallest absolute Gasteiger partial charge is 0.0577 e. The van der Waals surface area contributed by atoms with E-state index in [0.29, 0.717) is 0 Å². The van der Waals surface area contributed by atoms with Gasteiger partial charge < -0.3 is 11.1 Å². The zero-order chi connectivity index (χ0) is 9.84. The van der Waals surface area contributed by atoms with Crippen LogP contribution in [0, 0.1) is 3.57 Å². The molecule has 0 saturated carbocycles. The molecule has 2 nitrogen and oxygen atoms in total. The van der Waals surface area contributed by atoms with Gasteiger partial charge in [-0.2, -0.15) is 0 Å². The molecule has 0 aliphatic rings. The summed E-state index contributed by atoms with van der Waals surface area (Å²) in [6.45, 7) is 6.56. The molecule has 0 aliphatic carbocycles. The number of anilines is 2. The molecule has 0 fully saturated rings. The van der Waals surface area contributed by atoms with Crippen molar-refractivity contribution in [2.45, 2.75) is 6.92 Å². The Labute approximate surface area is 92.4 Å². The summed E-state index contributed by atoms with van der Waals surface area (Å²) in [5.41, 5.74) is 8.67. The van der Waals surface area contributed by atoms with Crippen LogP contribution in [-0.2, 0) is 0 Å². The van der Waals surface area contributed by atoms with Crippen LogP contribution in [0.25, 0.3) is 0 Å². The number of hydrogen-bond acceptors (Lipinski definition) is 2. The second kappa shape index (κ2) is 4.50. The van der Waals surface area contributed by atoms with E-state index in [1.165, 1.54) is 0 Å². The number of nitrogens with one attached hydrogen (secondary N) is 1. The fourth-order valence-electron chi connectivity index (χ4n) is 0.941. The minimum absolute atomic E-state index is 0.769. The van der Waals surface area contributed by atoms with Gasteiger partial charge in [-0.05, 0) is 47.7 Å². The molecule has 0 amide bonds. The minimum atomic E-state index is 0.769. The Hall–Kier alpha value is -0.710. The topological polar surface area (TPSA) is 38.0 Å². The molecule has 3 heteroatoms. The maximum absolute atomic E-state index is 5.81. The number of benzene rings is 1. The molecule has 13 heavy (non-hydrogen) atoms. The summed E-state index contributed by atoms with van der Waals surface area (Å²) in [4.78, 5) is 0. The van der Waals surface area contributed by atoms with Crippen LogP contribution in [0.2, 0.25) is 0 Å². The molecule has 0 spiro atoms. The summed E-state index contributed by atoms with van der Waals surface area (Å²) in [6.07, 6.45) is 0. The van der Waals surface area contributed by atoms with Crippen molar-refractivity contribution in [2.24, 2.45) is 0 Å². The lowest BCUT2D eigenvalue weighted by molar-refractivity contribution is 1.22. The molecule has 0 bridgehead atoms. The van der Waals surface area contributed by atoms with Crippen LogP contribution >= 0.6 is 22.6 Å². The maximum atomic E-state index is 5.81. The number of hydrogen-bond donors (Lipinski definition) is 2. The van der Waals surface area contributed by atoms with Crippen molar-refractivity contribution in [1.29, 1.82) is 0 Å². The predicted octanol–water partition coefficient (Wildman–Crippen LogP) is 2.86. The van der Waals surface area contributed by atoms with E-state index in [9.17, 15) is 0 Å². The highest BCUT2D eigenvalue weighted by Crippen LogP contribution is 2.20. The monoisotopic (exact) mass is 288 g/mol. The highest BCUT2D eigenvalue weighted by molar-refractivity contribution is 14.1. The predicted molar refractivity (Wildman–Crippen MR) is 66.9 cm³/mol. The first kappa shape index (κ1) is 10.4. The van der Waals surface area contributed by atoms with Gasteiger partial charge in [-0.15, -0.1) is 0 Å². The molecule has 1 aromatic carbocycles. The van der Waals surface area contributed by atoms with Gasteiger partial charge in [0.15, 0.2) is 0 Å². The lowest BCUT2D eigenvalue weighted by Crippen LogP contribution is -2.04. The normalized spacial score (nSPS) is 9.69. The largest absolute Gasteiger partial charge is 0.397 e. The van der Waals surface area contributed by atoms with E-state index < -0.39 is 0 Å². The molecular formula is C10H13IN2. The summed E-state index contributed by atoms with van der Waals surface area (Å²) in [6, 6.07) is 5.96. The van der Waals surface area contributed by atoms with E-state index in [4.69, 9.17) is 5.73 Å². The van der Waals surface area contributed by atoms with Gasteiger partial charge in [-0.1, -0.05) is 12.2 Å². The van der Waals surface area contributed by atoms with Crippen LogP contribution < -0.4 is 11.1 Å². The van der Waals surface area contributed by atoms with Crippen molar-refractivity contribution >= 4 is 34.0 Å². The fourth-order valence-corrected chi connectivity index (χ4v) is 1.46. The molecule has 0 heterocycles. The first-order valence-corrected chi connectivity index (χ1v) is 5.11. The van der Waals surface area contributed by atoms with Gasteiger partial charge in [0.25, 0.3) is 0 Å². The van der Waals surface area contributed by atoms with E-state index in [2.05, 4.69) is 34.5 Å². The third-order valence-corrected chi connectivity index (χ3v) is 2.27. The van der Waals surface area contributed by atoms with Gasteiger partial charge in [-0.25, -0.2) is 0 Å². The maximum Gasteiger partial charge on any atom is 0.0577 e. The third kappa shape index (κ3) is 3.26. The SMILES string of the molecule is C=C(C)CNc1ccc(I)cc1N. The Bertz CT molecular complexity index is 321. The average molecular weight is 288 g/mol. The molecular weight excluding hydrogens is 275 g/mol. The summed E-state index contributed by atoms with van der Waals surface area (Å²) in [7, 11) is 0. The summed E-state index contributed by atoms with van der Waals surface area (Å²) in [5, 5.41) is 3.21. The van der Waals surface area contributed by atoms with Crippen LogP contribution in [-0.4, -0.2) is 6.54 Å². The molecule has 70 valence electrons. The second-order valence-electron chi connectivity index (χ2n) is 3.04. The average Bonchev–Trinajstić information content (AvgIpc) is 2.02. The lowest BCUT2D eigenvalue weighted by atomic mass is 10.2. The van der Waals surface area contributed by atoms with Crippen molar-refractivity contribution in [1.82, 2.24) is 0 Å². The van der Waals surface area contributed by atoms with E-state index in [1.807, 2.05) is 25.1 Å². The van der Waals surface area contributed by atoms with Crippen molar-refractivity contribution < 1.29 is 0 Å². The number of nitrogens with two attached hydrogens (primary N) is 1. The number of nitrogen functional groups attached to an aromatic ring is 1. The van der Waals surface area contributed by atoms with Crippen molar-refractivity contribution in [2.75, 3.05) is 17.6 Å². The zero-order valence-corrected chi connectivity index (χ0v) is 9.76. The molecule has 0 radical (unpaired) electrons. The molecule has 3 N–H and O–H groups in total. The minimum Gasteiger partial charge on any atom is -0.397 e. The van der Waals surface area contributed by atoms with Crippen LogP contribution in [0.3, 0.4) is 0 Å². The zero-order valence-electron chi connectivity index (χ0n) is 7.60. The van der Waals surface area contributed by atoms with Crippen molar-refractivity contribution in [3.63, 3.8) is 0 Å². The Morgan fingerprint density at radius 1 is 1.62 bits per heavy atom. The van der Waals surface area contributed by atoms with E-state index in [0.717, 1.165) is 27.1 Å². The van der Waals surface area contributed by atoms with Crippen molar-refractivity contribution in [3.05, 3.63) is 33.9 Å². The Kier molecular flexibility index (Phi) is 3.59. The molecule has 0 atom stereocenters. The van der Waals surface area contributed by atoms with Gasteiger partial charge in [-0.3, -0.25) is 0 Å². The van der Waals surface area contributed by atoms with Gasteiger partial charge in [0.05, 0.1) is 11.4 Å².